The van der Waals surface area contributed by atoms with Crippen LogP contribution in [0.15, 0.2) is 24.3 Å². The Morgan fingerprint density at radius 1 is 1.35 bits per heavy atom. The van der Waals surface area contributed by atoms with Crippen LogP contribution in [0.1, 0.15) is 43.2 Å². The number of benzene rings is 1. The minimum absolute atomic E-state index is 0.0100. The molecule has 1 atom stereocenters. The lowest BCUT2D eigenvalue weighted by Gasteiger charge is -2.26. The zero-order valence-electron chi connectivity index (χ0n) is 11.3. The number of carboxylic acids is 1. The molecule has 1 aromatic carbocycles. The third-order valence-corrected chi connectivity index (χ3v) is 3.74. The molecule has 0 spiro atoms. The smallest absolute Gasteiger partial charge is 0.320 e. The molecule has 1 saturated heterocycles. The largest absolute Gasteiger partial charge is 0.480 e. The lowest BCUT2D eigenvalue weighted by molar-refractivity contribution is -0.143. The Morgan fingerprint density at radius 3 is 2.85 bits per heavy atom. The monoisotopic (exact) mass is 283 g/mol. The molecule has 0 bridgehead atoms. The van der Waals surface area contributed by atoms with Gasteiger partial charge < -0.3 is 5.11 Å². The number of aliphatic carboxylic acids is 1. The number of rotatable bonds is 4. The summed E-state index contributed by atoms with van der Waals surface area (Å²) in [6.45, 7) is 1.12. The highest BCUT2D eigenvalue weighted by atomic mass is 19.3. The van der Waals surface area contributed by atoms with Gasteiger partial charge in [0.25, 0.3) is 6.43 Å². The number of hydrogen-bond acceptors (Lipinski definition) is 2. The summed E-state index contributed by atoms with van der Waals surface area (Å²) in [6, 6.07) is 5.73. The average molecular weight is 283 g/mol. The Balaban J connectivity index is 2.13. The minimum Gasteiger partial charge on any atom is -0.480 e. The van der Waals surface area contributed by atoms with Gasteiger partial charge in [-0.25, -0.2) is 8.78 Å². The van der Waals surface area contributed by atoms with Gasteiger partial charge >= 0.3 is 5.97 Å². The van der Waals surface area contributed by atoms with Gasteiger partial charge in [0.15, 0.2) is 0 Å². The molecule has 1 aromatic rings. The number of likely N-dealkylation sites (tertiary alicyclic amines) is 1. The maximum absolute atomic E-state index is 12.7. The van der Waals surface area contributed by atoms with Crippen LogP contribution >= 0.6 is 0 Å². The van der Waals surface area contributed by atoms with Gasteiger partial charge in [0.05, 0.1) is 0 Å². The highest BCUT2D eigenvalue weighted by molar-refractivity contribution is 5.73. The van der Waals surface area contributed by atoms with Crippen molar-refractivity contribution in [3.8, 4) is 0 Å². The standard InChI is InChI=1S/C15H19F2NO2/c16-14(17)12-6-4-5-11(9-12)10-18-8-3-1-2-7-13(18)15(19)20/h4-6,9,13-14H,1-3,7-8,10H2,(H,19,20). The molecule has 0 amide bonds. The minimum atomic E-state index is -2.49. The van der Waals surface area contributed by atoms with Crippen molar-refractivity contribution in [1.82, 2.24) is 4.90 Å². The van der Waals surface area contributed by atoms with Crippen molar-refractivity contribution in [3.05, 3.63) is 35.4 Å². The topological polar surface area (TPSA) is 40.5 Å². The van der Waals surface area contributed by atoms with Crippen molar-refractivity contribution in [3.63, 3.8) is 0 Å². The number of carbonyl (C=O) groups is 1. The molecule has 3 nitrogen and oxygen atoms in total. The molecule has 2 rings (SSSR count). The molecule has 20 heavy (non-hydrogen) atoms. The fourth-order valence-electron chi connectivity index (χ4n) is 2.70. The molecule has 1 aliphatic rings. The Bertz CT molecular complexity index is 465. The van der Waals surface area contributed by atoms with E-state index in [-0.39, 0.29) is 5.56 Å². The summed E-state index contributed by atoms with van der Waals surface area (Å²) in [4.78, 5) is 13.2. The third-order valence-electron chi connectivity index (χ3n) is 3.74. The van der Waals surface area contributed by atoms with E-state index in [4.69, 9.17) is 0 Å². The van der Waals surface area contributed by atoms with Gasteiger partial charge in [-0.3, -0.25) is 9.69 Å². The van der Waals surface area contributed by atoms with Crippen molar-refractivity contribution in [2.24, 2.45) is 0 Å². The number of halogens is 2. The van der Waals surface area contributed by atoms with Crippen LogP contribution in [0, 0.1) is 0 Å². The highest BCUT2D eigenvalue weighted by Crippen LogP contribution is 2.23. The number of alkyl halides is 2. The molecule has 0 aliphatic carbocycles. The molecular weight excluding hydrogens is 264 g/mol. The van der Waals surface area contributed by atoms with Crippen molar-refractivity contribution in [2.45, 2.75) is 44.7 Å². The molecule has 5 heteroatoms. The fourth-order valence-corrected chi connectivity index (χ4v) is 2.70. The summed E-state index contributed by atoms with van der Waals surface area (Å²) >= 11 is 0. The van der Waals surface area contributed by atoms with Gasteiger partial charge in [0.2, 0.25) is 0 Å². The van der Waals surface area contributed by atoms with E-state index in [1.807, 2.05) is 4.90 Å². The van der Waals surface area contributed by atoms with E-state index in [0.29, 0.717) is 19.5 Å². The molecular formula is C15H19F2NO2. The van der Waals surface area contributed by atoms with Crippen LogP contribution in [0.25, 0.3) is 0 Å². The van der Waals surface area contributed by atoms with Crippen LogP contribution in [0.3, 0.4) is 0 Å². The highest BCUT2D eigenvalue weighted by Gasteiger charge is 2.27. The second-order valence-corrected chi connectivity index (χ2v) is 5.22. The van der Waals surface area contributed by atoms with Crippen LogP contribution in [0.5, 0.6) is 0 Å². The Labute approximate surface area is 117 Å². The first-order chi connectivity index (χ1) is 9.58. The Hall–Kier alpha value is -1.49. The lowest BCUT2D eigenvalue weighted by Crippen LogP contribution is -2.40. The van der Waals surface area contributed by atoms with Crippen molar-refractivity contribution in [2.75, 3.05) is 6.54 Å². The van der Waals surface area contributed by atoms with Gasteiger partial charge in [-0.05, 0) is 31.0 Å². The first-order valence-corrected chi connectivity index (χ1v) is 6.92. The lowest BCUT2D eigenvalue weighted by atomic mass is 10.1. The predicted molar refractivity (Wildman–Crippen MR) is 71.7 cm³/mol. The Morgan fingerprint density at radius 2 is 2.15 bits per heavy atom. The van der Waals surface area contributed by atoms with E-state index < -0.39 is 18.4 Å². The van der Waals surface area contributed by atoms with Crippen LogP contribution in [-0.4, -0.2) is 28.6 Å². The van der Waals surface area contributed by atoms with Crippen molar-refractivity contribution in [1.29, 1.82) is 0 Å². The molecule has 1 aliphatic heterocycles. The Kier molecular flexibility index (Phi) is 5.06. The molecule has 110 valence electrons. The zero-order valence-corrected chi connectivity index (χ0v) is 11.3. The number of hydrogen-bond donors (Lipinski definition) is 1. The van der Waals surface area contributed by atoms with Crippen molar-refractivity contribution < 1.29 is 18.7 Å². The second-order valence-electron chi connectivity index (χ2n) is 5.22. The average Bonchev–Trinajstić information content (AvgIpc) is 2.64. The normalized spacial score (nSPS) is 20.9. The maximum atomic E-state index is 12.7. The number of nitrogens with zero attached hydrogens (tertiary/aromatic N) is 1. The van der Waals surface area contributed by atoms with E-state index in [9.17, 15) is 18.7 Å². The van der Waals surface area contributed by atoms with Gasteiger partial charge in [0, 0.05) is 12.1 Å². The summed E-state index contributed by atoms with van der Waals surface area (Å²) < 4.78 is 25.4. The van der Waals surface area contributed by atoms with E-state index >= 15 is 0 Å². The van der Waals surface area contributed by atoms with Gasteiger partial charge in [0.1, 0.15) is 6.04 Å². The van der Waals surface area contributed by atoms with Gasteiger partial charge in [-0.15, -0.1) is 0 Å². The van der Waals surface area contributed by atoms with E-state index in [1.165, 1.54) is 12.1 Å². The summed E-state index contributed by atoms with van der Waals surface area (Å²) in [5.41, 5.74) is 0.736. The van der Waals surface area contributed by atoms with Gasteiger partial charge in [-0.1, -0.05) is 31.0 Å². The second kappa shape index (κ2) is 6.79. The van der Waals surface area contributed by atoms with E-state index in [1.54, 1.807) is 12.1 Å². The zero-order chi connectivity index (χ0) is 14.5. The molecule has 1 fully saturated rings. The molecule has 1 N–H and O–H groups in total. The summed E-state index contributed by atoms with van der Waals surface area (Å²) in [5, 5.41) is 9.29. The molecule has 0 radical (unpaired) electrons. The summed E-state index contributed by atoms with van der Waals surface area (Å²) in [6.07, 6.45) is 1.03. The van der Waals surface area contributed by atoms with Crippen LogP contribution in [0.4, 0.5) is 8.78 Å². The first kappa shape index (κ1) is 14.9. The van der Waals surface area contributed by atoms with Crippen LogP contribution < -0.4 is 0 Å². The maximum Gasteiger partial charge on any atom is 0.320 e. The molecule has 0 aromatic heterocycles. The molecule has 0 saturated carbocycles. The SMILES string of the molecule is O=C(O)C1CCCCCN1Cc1cccc(C(F)F)c1. The van der Waals surface area contributed by atoms with E-state index in [0.717, 1.165) is 24.8 Å². The van der Waals surface area contributed by atoms with Crippen LogP contribution in [0.2, 0.25) is 0 Å². The number of carboxylic acid groups (broad SMARTS) is 1. The predicted octanol–water partition coefficient (Wildman–Crippen LogP) is 3.45. The molecule has 1 heterocycles. The first-order valence-electron chi connectivity index (χ1n) is 6.92. The van der Waals surface area contributed by atoms with Crippen LogP contribution in [-0.2, 0) is 11.3 Å². The van der Waals surface area contributed by atoms with E-state index in [2.05, 4.69) is 0 Å². The summed E-state index contributed by atoms with van der Waals surface area (Å²) in [7, 11) is 0. The quantitative estimate of drug-likeness (QED) is 0.920. The molecule has 1 unspecified atom stereocenters. The van der Waals surface area contributed by atoms with Gasteiger partial charge in [-0.2, -0.15) is 0 Å². The fraction of sp³-hybridized carbons (Fsp3) is 0.533. The van der Waals surface area contributed by atoms with Crippen molar-refractivity contribution >= 4 is 5.97 Å². The third kappa shape index (κ3) is 3.76. The summed E-state index contributed by atoms with van der Waals surface area (Å²) in [5.74, 6) is -0.822.